The quantitative estimate of drug-likeness (QED) is 0.615. The number of carbonyl (C=O) groups excluding carboxylic acids is 2. The molecule has 2 rings (SSSR count). The van der Waals surface area contributed by atoms with Crippen LogP contribution >= 0.6 is 0 Å². The highest BCUT2D eigenvalue weighted by atomic mass is 16.1. The molecule has 0 saturated heterocycles. The van der Waals surface area contributed by atoms with Crippen molar-refractivity contribution in [1.29, 1.82) is 0 Å². The second-order valence-corrected chi connectivity index (χ2v) is 2.51. The Hall–Kier alpha value is -2.04. The minimum atomic E-state index is 0.519. The Morgan fingerprint density at radius 2 is 2.15 bits per heavy atom. The predicted octanol–water partition coefficient (Wildman–Crippen LogP) is 0.282. The van der Waals surface area contributed by atoms with Crippen LogP contribution in [0, 0.1) is 0 Å². The molecule has 0 radical (unpaired) electrons. The van der Waals surface area contributed by atoms with Gasteiger partial charge in [-0.1, -0.05) is 5.21 Å². The van der Waals surface area contributed by atoms with E-state index in [-0.39, 0.29) is 0 Å². The van der Waals surface area contributed by atoms with Gasteiger partial charge in [0.25, 0.3) is 0 Å². The van der Waals surface area contributed by atoms with Crippen LogP contribution in [0.15, 0.2) is 18.2 Å². The van der Waals surface area contributed by atoms with Crippen LogP contribution in [-0.2, 0) is 4.79 Å². The fourth-order valence-electron chi connectivity index (χ4n) is 1.11. The lowest BCUT2D eigenvalue weighted by Crippen LogP contribution is -1.96. The lowest BCUT2D eigenvalue weighted by molar-refractivity contribution is 0.112. The van der Waals surface area contributed by atoms with Gasteiger partial charge in [-0.2, -0.15) is 4.68 Å². The molecule has 0 saturated carbocycles. The maximum atomic E-state index is 10.4. The summed E-state index contributed by atoms with van der Waals surface area (Å²) in [4.78, 5) is 20.8. The highest BCUT2D eigenvalue weighted by Crippen LogP contribution is 2.10. The molecule has 0 unspecified atom stereocenters. The van der Waals surface area contributed by atoms with Gasteiger partial charge in [0, 0.05) is 5.56 Å². The molecule has 1 heterocycles. The molecule has 64 valence electrons. The molecule has 0 aliphatic carbocycles. The Morgan fingerprint density at radius 3 is 2.85 bits per heavy atom. The van der Waals surface area contributed by atoms with Crippen LogP contribution in [0.3, 0.4) is 0 Å². The molecule has 0 amide bonds. The van der Waals surface area contributed by atoms with E-state index in [1.165, 1.54) is 0 Å². The van der Waals surface area contributed by atoms with E-state index in [1.54, 1.807) is 18.2 Å². The number of hydrogen-bond acceptors (Lipinski definition) is 4. The molecule has 1 aromatic heterocycles. The highest BCUT2D eigenvalue weighted by molar-refractivity contribution is 5.86. The molecule has 5 heteroatoms. The van der Waals surface area contributed by atoms with Crippen molar-refractivity contribution in [2.75, 3.05) is 0 Å². The van der Waals surface area contributed by atoms with Crippen LogP contribution in [0.4, 0.5) is 0 Å². The molecule has 5 nitrogen and oxygen atoms in total. The number of aromatic nitrogens is 3. The standard InChI is InChI=1S/C8H5N3O2/c12-4-6-1-2-8-7(3-6)9-10-11(8)5-13/h1-5H. The van der Waals surface area contributed by atoms with E-state index in [2.05, 4.69) is 10.3 Å². The van der Waals surface area contributed by atoms with Crippen molar-refractivity contribution in [3.8, 4) is 0 Å². The summed E-state index contributed by atoms with van der Waals surface area (Å²) < 4.78 is 1.11. The van der Waals surface area contributed by atoms with Gasteiger partial charge in [-0.25, -0.2) is 0 Å². The van der Waals surface area contributed by atoms with E-state index in [4.69, 9.17) is 0 Å². The third-order valence-electron chi connectivity index (χ3n) is 1.73. The Bertz CT molecular complexity index is 475. The predicted molar refractivity (Wildman–Crippen MR) is 45.1 cm³/mol. The van der Waals surface area contributed by atoms with E-state index < -0.39 is 0 Å². The molecule has 0 aliphatic heterocycles. The van der Waals surface area contributed by atoms with Crippen molar-refractivity contribution in [2.45, 2.75) is 0 Å². The monoisotopic (exact) mass is 175 g/mol. The van der Waals surface area contributed by atoms with Gasteiger partial charge in [0.05, 0.1) is 5.52 Å². The number of rotatable bonds is 2. The first-order chi connectivity index (χ1) is 6.35. The van der Waals surface area contributed by atoms with Gasteiger partial charge < -0.3 is 0 Å². The van der Waals surface area contributed by atoms with Crippen LogP contribution < -0.4 is 0 Å². The average Bonchev–Trinajstić information content (AvgIpc) is 2.59. The second-order valence-electron chi connectivity index (χ2n) is 2.51. The summed E-state index contributed by atoms with van der Waals surface area (Å²) in [6.07, 6.45) is 1.29. The Labute approximate surface area is 73.0 Å². The first-order valence-electron chi connectivity index (χ1n) is 3.60. The van der Waals surface area contributed by atoms with Crippen molar-refractivity contribution in [3.05, 3.63) is 23.8 Å². The lowest BCUT2D eigenvalue weighted by Gasteiger charge is -1.90. The normalized spacial score (nSPS) is 10.2. The lowest BCUT2D eigenvalue weighted by atomic mass is 10.2. The van der Waals surface area contributed by atoms with Gasteiger partial charge in [0.2, 0.25) is 6.41 Å². The molecule has 1 aromatic carbocycles. The highest BCUT2D eigenvalue weighted by Gasteiger charge is 2.03. The zero-order chi connectivity index (χ0) is 9.26. The fourth-order valence-corrected chi connectivity index (χ4v) is 1.11. The van der Waals surface area contributed by atoms with Crippen molar-refractivity contribution < 1.29 is 9.59 Å². The number of nitrogens with zero attached hydrogens (tertiary/aromatic N) is 3. The van der Waals surface area contributed by atoms with Crippen molar-refractivity contribution >= 4 is 23.7 Å². The summed E-state index contributed by atoms with van der Waals surface area (Å²) in [5.41, 5.74) is 1.66. The smallest absolute Gasteiger partial charge is 0.236 e. The number of benzene rings is 1. The van der Waals surface area contributed by atoms with Crippen LogP contribution in [0.1, 0.15) is 10.4 Å². The maximum Gasteiger partial charge on any atom is 0.236 e. The van der Waals surface area contributed by atoms with E-state index >= 15 is 0 Å². The zero-order valence-electron chi connectivity index (χ0n) is 6.54. The van der Waals surface area contributed by atoms with Crippen molar-refractivity contribution in [2.24, 2.45) is 0 Å². The third kappa shape index (κ3) is 1.10. The first-order valence-corrected chi connectivity index (χ1v) is 3.60. The van der Waals surface area contributed by atoms with Gasteiger partial charge in [0.15, 0.2) is 0 Å². The molecule has 0 fully saturated rings. The minimum absolute atomic E-state index is 0.519. The van der Waals surface area contributed by atoms with E-state index in [9.17, 15) is 9.59 Å². The summed E-state index contributed by atoms with van der Waals surface area (Å²) in [5, 5.41) is 7.29. The minimum Gasteiger partial charge on any atom is -0.298 e. The molecular weight excluding hydrogens is 170 g/mol. The molecular formula is C8H5N3O2. The summed E-state index contributed by atoms with van der Waals surface area (Å²) in [6.45, 7) is 0. The van der Waals surface area contributed by atoms with E-state index in [0.29, 0.717) is 23.0 Å². The topological polar surface area (TPSA) is 64.8 Å². The van der Waals surface area contributed by atoms with Crippen LogP contribution in [0.2, 0.25) is 0 Å². The molecule has 0 bridgehead atoms. The zero-order valence-corrected chi connectivity index (χ0v) is 6.54. The van der Waals surface area contributed by atoms with Gasteiger partial charge in [0.1, 0.15) is 11.8 Å². The Morgan fingerprint density at radius 1 is 1.31 bits per heavy atom. The number of aldehydes is 1. The largest absolute Gasteiger partial charge is 0.298 e. The third-order valence-corrected chi connectivity index (χ3v) is 1.73. The maximum absolute atomic E-state index is 10.4. The van der Waals surface area contributed by atoms with Crippen molar-refractivity contribution in [3.63, 3.8) is 0 Å². The molecule has 2 aromatic rings. The van der Waals surface area contributed by atoms with Crippen molar-refractivity contribution in [1.82, 2.24) is 15.0 Å². The van der Waals surface area contributed by atoms with E-state index in [1.807, 2.05) is 0 Å². The SMILES string of the molecule is O=Cc1ccc2c(c1)nnn2C=O. The molecule has 0 N–H and O–H groups in total. The molecule has 13 heavy (non-hydrogen) atoms. The van der Waals surface area contributed by atoms with Crippen LogP contribution in [-0.4, -0.2) is 27.7 Å². The summed E-state index contributed by atoms with van der Waals surface area (Å²) in [5.74, 6) is 0. The number of carbonyl (C=O) groups is 2. The Balaban J connectivity index is 2.74. The fraction of sp³-hybridized carbons (Fsp3) is 0. The van der Waals surface area contributed by atoms with Gasteiger partial charge in [-0.05, 0) is 18.2 Å². The second kappa shape index (κ2) is 2.78. The van der Waals surface area contributed by atoms with Gasteiger partial charge >= 0.3 is 0 Å². The van der Waals surface area contributed by atoms with Crippen LogP contribution in [0.5, 0.6) is 0 Å². The summed E-state index contributed by atoms with van der Waals surface area (Å²) >= 11 is 0. The summed E-state index contributed by atoms with van der Waals surface area (Å²) in [6, 6.07) is 4.82. The Kier molecular flexibility index (Phi) is 1.63. The number of hydrogen-bond donors (Lipinski definition) is 0. The molecule has 0 atom stereocenters. The summed E-state index contributed by atoms with van der Waals surface area (Å²) in [7, 11) is 0. The van der Waals surface area contributed by atoms with Gasteiger partial charge in [-0.15, -0.1) is 5.10 Å². The molecule has 0 aliphatic rings. The first kappa shape index (κ1) is 7.60. The number of fused-ring (bicyclic) bond motifs is 1. The average molecular weight is 175 g/mol. The van der Waals surface area contributed by atoms with Gasteiger partial charge in [-0.3, -0.25) is 9.59 Å². The van der Waals surface area contributed by atoms with E-state index in [0.717, 1.165) is 11.0 Å². The molecule has 0 spiro atoms. The van der Waals surface area contributed by atoms with Crippen LogP contribution in [0.25, 0.3) is 11.0 Å².